The Bertz CT molecular complexity index is 449. The SMILES string of the molecule is OCC1(Cc2cc3ccccc3s2)CC1. The average Bonchev–Trinajstić information content (AvgIpc) is 2.91. The van der Waals surface area contributed by atoms with Gasteiger partial charge in [0.05, 0.1) is 0 Å². The van der Waals surface area contributed by atoms with Gasteiger partial charge in [0.15, 0.2) is 0 Å². The molecule has 1 N–H and O–H groups in total. The van der Waals surface area contributed by atoms with E-state index in [0.717, 1.165) is 6.42 Å². The second-order valence-corrected chi connectivity index (χ2v) is 5.75. The van der Waals surface area contributed by atoms with Crippen LogP contribution in [0.25, 0.3) is 10.1 Å². The van der Waals surface area contributed by atoms with E-state index in [-0.39, 0.29) is 5.41 Å². The molecule has 0 amide bonds. The normalized spacial score (nSPS) is 18.2. The van der Waals surface area contributed by atoms with Gasteiger partial charge in [0.2, 0.25) is 0 Å². The molecule has 2 aromatic rings. The fourth-order valence-electron chi connectivity index (χ4n) is 2.06. The molecule has 2 heteroatoms. The van der Waals surface area contributed by atoms with E-state index in [1.807, 2.05) is 11.3 Å². The van der Waals surface area contributed by atoms with Gasteiger partial charge in [-0.1, -0.05) is 18.2 Å². The lowest BCUT2D eigenvalue weighted by Gasteiger charge is -2.08. The predicted octanol–water partition coefficient (Wildman–Crippen LogP) is 3.22. The molecular weight excluding hydrogens is 204 g/mol. The highest BCUT2D eigenvalue weighted by Gasteiger charge is 2.42. The lowest BCUT2D eigenvalue weighted by Crippen LogP contribution is -2.08. The maximum atomic E-state index is 9.30. The summed E-state index contributed by atoms with van der Waals surface area (Å²) in [6.07, 6.45) is 3.44. The molecule has 0 spiro atoms. The van der Waals surface area contributed by atoms with E-state index in [0.29, 0.717) is 6.61 Å². The molecule has 1 aliphatic rings. The number of rotatable bonds is 3. The first-order chi connectivity index (χ1) is 7.31. The molecule has 1 heterocycles. The Balaban J connectivity index is 1.92. The summed E-state index contributed by atoms with van der Waals surface area (Å²) in [6.45, 7) is 0.348. The van der Waals surface area contributed by atoms with Crippen molar-refractivity contribution in [2.45, 2.75) is 19.3 Å². The second kappa shape index (κ2) is 3.32. The summed E-state index contributed by atoms with van der Waals surface area (Å²) in [5.74, 6) is 0. The maximum absolute atomic E-state index is 9.30. The fourth-order valence-corrected chi connectivity index (χ4v) is 3.30. The molecule has 78 valence electrons. The standard InChI is InChI=1S/C13H14OS/c14-9-13(5-6-13)8-11-7-10-3-1-2-4-12(10)15-11/h1-4,7,14H,5-6,8-9H2. The van der Waals surface area contributed by atoms with Crippen LogP contribution in [0, 0.1) is 5.41 Å². The molecule has 0 atom stereocenters. The Hall–Kier alpha value is -0.860. The van der Waals surface area contributed by atoms with Gasteiger partial charge in [-0.3, -0.25) is 0 Å². The van der Waals surface area contributed by atoms with Crippen LogP contribution in [0.4, 0.5) is 0 Å². The van der Waals surface area contributed by atoms with E-state index >= 15 is 0 Å². The number of aliphatic hydroxyl groups excluding tert-OH is 1. The smallest absolute Gasteiger partial charge is 0.0490 e. The number of benzene rings is 1. The van der Waals surface area contributed by atoms with E-state index in [2.05, 4.69) is 30.3 Å². The van der Waals surface area contributed by atoms with Gasteiger partial charge >= 0.3 is 0 Å². The van der Waals surface area contributed by atoms with Crippen molar-refractivity contribution < 1.29 is 5.11 Å². The van der Waals surface area contributed by atoms with Crippen LogP contribution in [0.2, 0.25) is 0 Å². The van der Waals surface area contributed by atoms with E-state index in [9.17, 15) is 5.11 Å². The Morgan fingerprint density at radius 1 is 1.27 bits per heavy atom. The van der Waals surface area contributed by atoms with Crippen LogP contribution in [0.5, 0.6) is 0 Å². The highest BCUT2D eigenvalue weighted by molar-refractivity contribution is 7.19. The number of fused-ring (bicyclic) bond motifs is 1. The van der Waals surface area contributed by atoms with Crippen molar-refractivity contribution in [3.63, 3.8) is 0 Å². The van der Waals surface area contributed by atoms with Gasteiger partial charge in [-0.05, 0) is 42.2 Å². The Kier molecular flexibility index (Phi) is 2.08. The quantitative estimate of drug-likeness (QED) is 0.838. The number of hydrogen-bond acceptors (Lipinski definition) is 2. The van der Waals surface area contributed by atoms with Crippen LogP contribution in [-0.2, 0) is 6.42 Å². The molecule has 0 unspecified atom stereocenters. The van der Waals surface area contributed by atoms with Crippen LogP contribution in [0.3, 0.4) is 0 Å². The summed E-state index contributed by atoms with van der Waals surface area (Å²) in [6, 6.07) is 10.8. The Labute approximate surface area is 93.4 Å². The molecule has 1 aromatic carbocycles. The van der Waals surface area contributed by atoms with E-state index in [4.69, 9.17) is 0 Å². The molecule has 1 aromatic heterocycles. The van der Waals surface area contributed by atoms with Gasteiger partial charge in [0.1, 0.15) is 0 Å². The van der Waals surface area contributed by atoms with Crippen molar-refractivity contribution in [2.75, 3.05) is 6.61 Å². The third-order valence-corrected chi connectivity index (χ3v) is 4.43. The van der Waals surface area contributed by atoms with Gasteiger partial charge in [-0.15, -0.1) is 11.3 Å². The summed E-state index contributed by atoms with van der Waals surface area (Å²) >= 11 is 1.87. The zero-order chi connectivity index (χ0) is 10.3. The van der Waals surface area contributed by atoms with Crippen molar-refractivity contribution in [2.24, 2.45) is 5.41 Å². The summed E-state index contributed by atoms with van der Waals surface area (Å²) in [5, 5.41) is 10.6. The first-order valence-electron chi connectivity index (χ1n) is 5.40. The van der Waals surface area contributed by atoms with Gasteiger partial charge in [-0.2, -0.15) is 0 Å². The highest BCUT2D eigenvalue weighted by atomic mass is 32.1. The number of thiophene rings is 1. The molecule has 1 fully saturated rings. The summed E-state index contributed by atoms with van der Waals surface area (Å²) < 4.78 is 1.36. The fraction of sp³-hybridized carbons (Fsp3) is 0.385. The zero-order valence-corrected chi connectivity index (χ0v) is 9.39. The minimum absolute atomic E-state index is 0.237. The molecule has 1 nitrogen and oxygen atoms in total. The Morgan fingerprint density at radius 2 is 2.07 bits per heavy atom. The molecule has 3 rings (SSSR count). The lowest BCUT2D eigenvalue weighted by atomic mass is 10.0. The van der Waals surface area contributed by atoms with Crippen molar-refractivity contribution in [1.82, 2.24) is 0 Å². The van der Waals surface area contributed by atoms with E-state index < -0.39 is 0 Å². The zero-order valence-electron chi connectivity index (χ0n) is 8.57. The van der Waals surface area contributed by atoms with Gasteiger partial charge in [-0.25, -0.2) is 0 Å². The predicted molar refractivity (Wildman–Crippen MR) is 64.3 cm³/mol. The van der Waals surface area contributed by atoms with Crippen LogP contribution in [-0.4, -0.2) is 11.7 Å². The third-order valence-electron chi connectivity index (χ3n) is 3.32. The van der Waals surface area contributed by atoms with Crippen LogP contribution < -0.4 is 0 Å². The molecule has 0 saturated heterocycles. The molecule has 0 radical (unpaired) electrons. The van der Waals surface area contributed by atoms with E-state index in [1.54, 1.807) is 0 Å². The first-order valence-corrected chi connectivity index (χ1v) is 6.21. The largest absolute Gasteiger partial charge is 0.396 e. The molecular formula is C13H14OS. The maximum Gasteiger partial charge on any atom is 0.0490 e. The summed E-state index contributed by atoms with van der Waals surface area (Å²) in [5.41, 5.74) is 0.237. The Morgan fingerprint density at radius 3 is 2.73 bits per heavy atom. The lowest BCUT2D eigenvalue weighted by molar-refractivity contribution is 0.212. The molecule has 1 saturated carbocycles. The number of aliphatic hydroxyl groups is 1. The van der Waals surface area contributed by atoms with Crippen molar-refractivity contribution >= 4 is 21.4 Å². The molecule has 0 aliphatic heterocycles. The first kappa shape index (κ1) is 9.37. The van der Waals surface area contributed by atoms with Crippen molar-refractivity contribution in [3.8, 4) is 0 Å². The van der Waals surface area contributed by atoms with Crippen molar-refractivity contribution in [3.05, 3.63) is 35.2 Å². The van der Waals surface area contributed by atoms with Crippen LogP contribution in [0.15, 0.2) is 30.3 Å². The highest BCUT2D eigenvalue weighted by Crippen LogP contribution is 2.49. The topological polar surface area (TPSA) is 20.2 Å². The summed E-state index contributed by atoms with van der Waals surface area (Å²) in [7, 11) is 0. The average molecular weight is 218 g/mol. The van der Waals surface area contributed by atoms with Gasteiger partial charge < -0.3 is 5.11 Å². The van der Waals surface area contributed by atoms with Crippen LogP contribution >= 0.6 is 11.3 Å². The third kappa shape index (κ3) is 1.68. The van der Waals surface area contributed by atoms with E-state index in [1.165, 1.54) is 27.8 Å². The van der Waals surface area contributed by atoms with Crippen LogP contribution in [0.1, 0.15) is 17.7 Å². The monoisotopic (exact) mass is 218 g/mol. The number of hydrogen-bond donors (Lipinski definition) is 1. The van der Waals surface area contributed by atoms with Gasteiger partial charge in [0.25, 0.3) is 0 Å². The summed E-state index contributed by atoms with van der Waals surface area (Å²) in [4.78, 5) is 1.42. The van der Waals surface area contributed by atoms with Crippen molar-refractivity contribution in [1.29, 1.82) is 0 Å². The minimum Gasteiger partial charge on any atom is -0.396 e. The molecule has 15 heavy (non-hydrogen) atoms. The second-order valence-electron chi connectivity index (χ2n) is 4.59. The minimum atomic E-state index is 0.237. The van der Waals surface area contributed by atoms with Gasteiger partial charge in [0, 0.05) is 16.2 Å². The molecule has 0 bridgehead atoms. The molecule has 1 aliphatic carbocycles.